The fourth-order valence-electron chi connectivity index (χ4n) is 3.07. The second kappa shape index (κ2) is 11.8. The Balaban J connectivity index is 1.70. The first-order chi connectivity index (χ1) is 13.1. The third-order valence-corrected chi connectivity index (χ3v) is 5.78. The van der Waals surface area contributed by atoms with E-state index in [1.54, 1.807) is 17.8 Å². The molecule has 0 aliphatic carbocycles. The van der Waals surface area contributed by atoms with E-state index in [2.05, 4.69) is 12.1 Å². The number of carboxylic acid groups (broad SMARTS) is 1. The molecule has 2 atom stereocenters. The minimum Gasteiger partial charge on any atom is -0.481 e. The number of nitrogens with zero attached hydrogens (tertiary/aromatic N) is 1. The Hall–Kier alpha value is -1.79. The number of aryl methyl sites for hydroxylation is 1. The molecule has 0 aromatic heterocycles. The Labute approximate surface area is 165 Å². The molecule has 0 saturated carbocycles. The highest BCUT2D eigenvalue weighted by Crippen LogP contribution is 2.26. The van der Waals surface area contributed by atoms with Gasteiger partial charge in [-0.1, -0.05) is 55.3 Å². The molecule has 0 radical (unpaired) electrons. The van der Waals surface area contributed by atoms with Crippen LogP contribution in [-0.4, -0.2) is 50.8 Å². The highest BCUT2D eigenvalue weighted by Gasteiger charge is 2.29. The van der Waals surface area contributed by atoms with Gasteiger partial charge in [0.05, 0.1) is 17.2 Å². The molecule has 1 aromatic carbocycles. The number of aliphatic hydroxyl groups is 1. The van der Waals surface area contributed by atoms with Crippen molar-refractivity contribution in [2.24, 2.45) is 0 Å². The summed E-state index contributed by atoms with van der Waals surface area (Å²) in [6, 6.07) is 10.1. The van der Waals surface area contributed by atoms with Crippen LogP contribution >= 0.6 is 11.8 Å². The van der Waals surface area contributed by atoms with E-state index in [1.807, 2.05) is 29.2 Å². The summed E-state index contributed by atoms with van der Waals surface area (Å²) in [7, 11) is 0. The van der Waals surface area contributed by atoms with Gasteiger partial charge in [0.25, 0.3) is 0 Å². The summed E-state index contributed by atoms with van der Waals surface area (Å²) in [6.45, 7) is 0.689. The lowest BCUT2D eigenvalue weighted by Crippen LogP contribution is -2.32. The Bertz CT molecular complexity index is 620. The summed E-state index contributed by atoms with van der Waals surface area (Å²) in [5, 5.41) is 18.8. The summed E-state index contributed by atoms with van der Waals surface area (Å²) in [5.74, 6) is -0.134. The highest BCUT2D eigenvalue weighted by atomic mass is 32.2. The van der Waals surface area contributed by atoms with Gasteiger partial charge in [-0.05, 0) is 31.2 Å². The third-order valence-electron chi connectivity index (χ3n) is 4.61. The molecule has 0 spiro atoms. The van der Waals surface area contributed by atoms with Crippen molar-refractivity contribution >= 4 is 23.6 Å². The number of thioether (sulfide) groups is 1. The van der Waals surface area contributed by atoms with Crippen LogP contribution in [0.5, 0.6) is 0 Å². The van der Waals surface area contributed by atoms with E-state index in [-0.39, 0.29) is 17.7 Å². The van der Waals surface area contributed by atoms with Gasteiger partial charge in [0.2, 0.25) is 5.91 Å². The van der Waals surface area contributed by atoms with Crippen LogP contribution in [0.4, 0.5) is 0 Å². The normalized spacial score (nSPS) is 18.3. The summed E-state index contributed by atoms with van der Waals surface area (Å²) in [5.41, 5.74) is 1.21. The molecular formula is C21H29NO4S. The van der Waals surface area contributed by atoms with E-state index in [0.717, 1.165) is 25.7 Å². The number of amides is 1. The zero-order valence-electron chi connectivity index (χ0n) is 15.6. The quantitative estimate of drug-likeness (QED) is 0.421. The average Bonchev–Trinajstić information content (AvgIpc) is 3.01. The smallest absolute Gasteiger partial charge is 0.303 e. The predicted molar refractivity (Wildman–Crippen MR) is 109 cm³/mol. The van der Waals surface area contributed by atoms with E-state index >= 15 is 0 Å². The fourth-order valence-corrected chi connectivity index (χ4v) is 4.16. The largest absolute Gasteiger partial charge is 0.481 e. The van der Waals surface area contributed by atoms with Crippen LogP contribution in [0.2, 0.25) is 0 Å². The van der Waals surface area contributed by atoms with Gasteiger partial charge in [-0.25, -0.2) is 0 Å². The summed E-state index contributed by atoms with van der Waals surface area (Å²) in [6.07, 6.45) is 8.30. The Morgan fingerprint density at radius 3 is 2.70 bits per heavy atom. The van der Waals surface area contributed by atoms with Crippen molar-refractivity contribution in [1.29, 1.82) is 0 Å². The van der Waals surface area contributed by atoms with Gasteiger partial charge < -0.3 is 15.1 Å². The first kappa shape index (κ1) is 21.5. The van der Waals surface area contributed by atoms with Crippen molar-refractivity contribution in [1.82, 2.24) is 4.90 Å². The van der Waals surface area contributed by atoms with Gasteiger partial charge in [-0.15, -0.1) is 11.8 Å². The van der Waals surface area contributed by atoms with Crippen molar-refractivity contribution in [3.63, 3.8) is 0 Å². The fraction of sp³-hybridized carbons (Fsp3) is 0.524. The zero-order chi connectivity index (χ0) is 19.5. The molecule has 2 N–H and O–H groups in total. The molecule has 148 valence electrons. The predicted octanol–water partition coefficient (Wildman–Crippen LogP) is 3.47. The number of unbranched alkanes of at least 4 members (excludes halogenated alkanes) is 3. The first-order valence-electron chi connectivity index (χ1n) is 9.59. The SMILES string of the molecule is O=C(O)CCCCCCN1C(=O)CSC1/C=C/C(O)CCc1ccccc1. The van der Waals surface area contributed by atoms with Crippen molar-refractivity contribution in [2.45, 2.75) is 56.4 Å². The summed E-state index contributed by atoms with van der Waals surface area (Å²) >= 11 is 1.59. The van der Waals surface area contributed by atoms with E-state index in [1.165, 1.54) is 5.56 Å². The minimum absolute atomic E-state index is 0.0112. The molecule has 2 unspecified atom stereocenters. The standard InChI is InChI=1S/C21H29NO4S/c23-18(12-11-17-8-4-3-5-9-17)13-14-20-22(19(24)16-27-20)15-7-2-1-6-10-21(25)26/h3-5,8-9,13-14,18,20,23H,1-2,6-7,10-12,15-16H2,(H,25,26)/b14-13+. The van der Waals surface area contributed by atoms with E-state index in [9.17, 15) is 14.7 Å². The number of hydrogen-bond donors (Lipinski definition) is 2. The van der Waals surface area contributed by atoms with Gasteiger partial charge in [-0.3, -0.25) is 9.59 Å². The number of carbonyl (C=O) groups excluding carboxylic acids is 1. The molecule has 1 aromatic rings. The Morgan fingerprint density at radius 2 is 1.96 bits per heavy atom. The van der Waals surface area contributed by atoms with Gasteiger partial charge in [0.1, 0.15) is 0 Å². The lowest BCUT2D eigenvalue weighted by molar-refractivity contribution is -0.137. The van der Waals surface area contributed by atoms with Gasteiger partial charge >= 0.3 is 5.97 Å². The van der Waals surface area contributed by atoms with E-state index < -0.39 is 12.1 Å². The maximum Gasteiger partial charge on any atom is 0.303 e. The van der Waals surface area contributed by atoms with Crippen molar-refractivity contribution in [2.75, 3.05) is 12.3 Å². The Morgan fingerprint density at radius 1 is 1.22 bits per heavy atom. The van der Waals surface area contributed by atoms with Crippen LogP contribution in [-0.2, 0) is 16.0 Å². The highest BCUT2D eigenvalue weighted by molar-refractivity contribution is 8.01. The van der Waals surface area contributed by atoms with E-state index in [4.69, 9.17) is 5.11 Å². The molecule has 1 aliphatic heterocycles. The minimum atomic E-state index is -0.753. The molecule has 1 saturated heterocycles. The Kier molecular flexibility index (Phi) is 9.42. The summed E-state index contributed by atoms with van der Waals surface area (Å²) < 4.78 is 0. The van der Waals surface area contributed by atoms with Crippen LogP contribution in [0.3, 0.4) is 0 Å². The van der Waals surface area contributed by atoms with E-state index in [0.29, 0.717) is 25.1 Å². The first-order valence-corrected chi connectivity index (χ1v) is 10.6. The monoisotopic (exact) mass is 391 g/mol. The average molecular weight is 392 g/mol. The number of carboxylic acids is 1. The molecule has 1 heterocycles. The molecular weight excluding hydrogens is 362 g/mol. The van der Waals surface area contributed by atoms with Crippen molar-refractivity contribution in [3.8, 4) is 0 Å². The van der Waals surface area contributed by atoms with Crippen molar-refractivity contribution < 1.29 is 19.8 Å². The summed E-state index contributed by atoms with van der Waals surface area (Å²) in [4.78, 5) is 24.4. The molecule has 0 bridgehead atoms. The van der Waals surface area contributed by atoms with Gasteiger partial charge in [0.15, 0.2) is 0 Å². The van der Waals surface area contributed by atoms with Crippen molar-refractivity contribution in [3.05, 3.63) is 48.0 Å². The lowest BCUT2D eigenvalue weighted by Gasteiger charge is -2.21. The molecule has 1 fully saturated rings. The second-order valence-electron chi connectivity index (χ2n) is 6.82. The molecule has 27 heavy (non-hydrogen) atoms. The van der Waals surface area contributed by atoms with Gasteiger partial charge in [0, 0.05) is 13.0 Å². The lowest BCUT2D eigenvalue weighted by atomic mass is 10.1. The maximum absolute atomic E-state index is 12.1. The number of hydrogen-bond acceptors (Lipinski definition) is 4. The topological polar surface area (TPSA) is 77.8 Å². The van der Waals surface area contributed by atoms with Crippen LogP contribution in [0.1, 0.15) is 44.1 Å². The third kappa shape index (κ3) is 8.18. The van der Waals surface area contributed by atoms with Gasteiger partial charge in [-0.2, -0.15) is 0 Å². The number of benzene rings is 1. The molecule has 2 rings (SSSR count). The number of carbonyl (C=O) groups is 2. The van der Waals surface area contributed by atoms with Crippen LogP contribution in [0.25, 0.3) is 0 Å². The van der Waals surface area contributed by atoms with Crippen LogP contribution in [0.15, 0.2) is 42.5 Å². The molecule has 1 amide bonds. The zero-order valence-corrected chi connectivity index (χ0v) is 16.4. The number of rotatable bonds is 12. The number of aliphatic hydroxyl groups excluding tert-OH is 1. The molecule has 6 heteroatoms. The van der Waals surface area contributed by atoms with Crippen LogP contribution in [0, 0.1) is 0 Å². The molecule has 1 aliphatic rings. The maximum atomic E-state index is 12.1. The second-order valence-corrected chi connectivity index (χ2v) is 7.93. The number of aliphatic carboxylic acids is 1. The van der Waals surface area contributed by atoms with Crippen LogP contribution < -0.4 is 0 Å². The molecule has 5 nitrogen and oxygen atoms in total.